The fourth-order valence-electron chi connectivity index (χ4n) is 2.75. The average Bonchev–Trinajstić information content (AvgIpc) is 2.37. The van der Waals surface area contributed by atoms with Crippen LogP contribution in [0.5, 0.6) is 0 Å². The van der Waals surface area contributed by atoms with Crippen LogP contribution >= 0.6 is 0 Å². The maximum atomic E-state index is 12.7. The number of carbonyl (C=O) groups excluding carboxylic acids is 1. The van der Waals surface area contributed by atoms with Gasteiger partial charge in [-0.15, -0.1) is 0 Å². The average molecular weight is 300 g/mol. The third-order valence-electron chi connectivity index (χ3n) is 3.92. The lowest BCUT2D eigenvalue weighted by Crippen LogP contribution is -2.54. The van der Waals surface area contributed by atoms with Crippen molar-refractivity contribution in [3.8, 4) is 0 Å². The third kappa shape index (κ3) is 5.53. The molecule has 6 nitrogen and oxygen atoms in total. The van der Waals surface area contributed by atoms with Crippen molar-refractivity contribution in [2.45, 2.75) is 52.0 Å². The number of urea groups is 1. The smallest absolute Gasteiger partial charge is 0.320 e. The van der Waals surface area contributed by atoms with Gasteiger partial charge in [-0.1, -0.05) is 0 Å². The minimum atomic E-state index is -0.895. The van der Waals surface area contributed by atoms with E-state index in [1.54, 1.807) is 9.80 Å². The van der Waals surface area contributed by atoms with E-state index in [0.29, 0.717) is 25.4 Å². The van der Waals surface area contributed by atoms with Crippen LogP contribution in [-0.4, -0.2) is 63.8 Å². The summed E-state index contributed by atoms with van der Waals surface area (Å²) in [5.41, 5.74) is -0.406. The molecule has 1 rings (SSSR count). The highest BCUT2D eigenvalue weighted by molar-refractivity contribution is 5.76. The van der Waals surface area contributed by atoms with E-state index in [4.69, 9.17) is 10.2 Å². The van der Waals surface area contributed by atoms with Crippen LogP contribution in [0.25, 0.3) is 0 Å². The number of piperidine rings is 1. The van der Waals surface area contributed by atoms with Gasteiger partial charge in [0.15, 0.2) is 0 Å². The second-order valence-electron chi connectivity index (χ2n) is 6.72. The molecule has 0 aromatic rings. The maximum absolute atomic E-state index is 12.7. The molecule has 0 aliphatic carbocycles. The van der Waals surface area contributed by atoms with Gasteiger partial charge in [0, 0.05) is 31.8 Å². The van der Waals surface area contributed by atoms with E-state index >= 15 is 0 Å². The molecule has 0 aromatic carbocycles. The van der Waals surface area contributed by atoms with Crippen LogP contribution in [0.1, 0.15) is 46.5 Å². The first-order valence-electron chi connectivity index (χ1n) is 7.65. The molecule has 21 heavy (non-hydrogen) atoms. The molecule has 1 aliphatic rings. The van der Waals surface area contributed by atoms with Crippen LogP contribution in [0, 0.1) is 5.92 Å². The van der Waals surface area contributed by atoms with Gasteiger partial charge in [0.1, 0.15) is 0 Å². The van der Waals surface area contributed by atoms with E-state index in [2.05, 4.69) is 0 Å². The summed E-state index contributed by atoms with van der Waals surface area (Å²) in [6, 6.07) is -0.0913. The van der Waals surface area contributed by atoms with Gasteiger partial charge in [-0.3, -0.25) is 4.79 Å². The van der Waals surface area contributed by atoms with E-state index in [9.17, 15) is 9.59 Å². The lowest BCUT2D eigenvalue weighted by molar-refractivity contribution is -0.137. The molecule has 1 heterocycles. The Morgan fingerprint density at radius 3 is 2.52 bits per heavy atom. The first kappa shape index (κ1) is 17.8. The van der Waals surface area contributed by atoms with Gasteiger partial charge in [-0.25, -0.2) is 4.79 Å². The van der Waals surface area contributed by atoms with Crippen molar-refractivity contribution >= 4 is 12.0 Å². The SMILES string of the molecule is CC(C)(C)N(CCC(=O)O)C(=O)N1CCCC(CCO)C1. The van der Waals surface area contributed by atoms with Crippen LogP contribution in [0.2, 0.25) is 0 Å². The number of carbonyl (C=O) groups is 2. The molecule has 1 saturated heterocycles. The summed E-state index contributed by atoms with van der Waals surface area (Å²) in [5.74, 6) is -0.553. The quantitative estimate of drug-likeness (QED) is 0.811. The highest BCUT2D eigenvalue weighted by Crippen LogP contribution is 2.23. The molecule has 0 spiro atoms. The number of nitrogens with zero attached hydrogens (tertiary/aromatic N) is 2. The van der Waals surface area contributed by atoms with E-state index in [-0.39, 0.29) is 25.6 Å². The number of carboxylic acids is 1. The second-order valence-corrected chi connectivity index (χ2v) is 6.72. The highest BCUT2D eigenvalue weighted by atomic mass is 16.4. The van der Waals surface area contributed by atoms with Gasteiger partial charge in [0.2, 0.25) is 0 Å². The summed E-state index contributed by atoms with van der Waals surface area (Å²) < 4.78 is 0. The van der Waals surface area contributed by atoms with Gasteiger partial charge < -0.3 is 20.0 Å². The number of aliphatic hydroxyl groups is 1. The lowest BCUT2D eigenvalue weighted by atomic mass is 9.95. The topological polar surface area (TPSA) is 81.1 Å². The highest BCUT2D eigenvalue weighted by Gasteiger charge is 2.32. The Balaban J connectivity index is 2.72. The van der Waals surface area contributed by atoms with Gasteiger partial charge in [0.05, 0.1) is 6.42 Å². The zero-order valence-corrected chi connectivity index (χ0v) is 13.3. The third-order valence-corrected chi connectivity index (χ3v) is 3.92. The van der Waals surface area contributed by atoms with E-state index < -0.39 is 11.5 Å². The van der Waals surface area contributed by atoms with Crippen LogP contribution in [0.3, 0.4) is 0 Å². The maximum Gasteiger partial charge on any atom is 0.320 e. The van der Waals surface area contributed by atoms with Crippen LogP contribution in [-0.2, 0) is 4.79 Å². The number of likely N-dealkylation sites (tertiary alicyclic amines) is 1. The molecule has 1 fully saturated rings. The molecule has 0 saturated carbocycles. The molecule has 0 radical (unpaired) electrons. The van der Waals surface area contributed by atoms with Crippen molar-refractivity contribution in [3.63, 3.8) is 0 Å². The number of carboxylic acid groups (broad SMARTS) is 1. The molecule has 1 atom stereocenters. The Morgan fingerprint density at radius 1 is 1.33 bits per heavy atom. The summed E-state index contributed by atoms with van der Waals surface area (Å²) in [7, 11) is 0. The number of hydrogen-bond acceptors (Lipinski definition) is 3. The van der Waals surface area contributed by atoms with Crippen LogP contribution in [0.4, 0.5) is 4.79 Å². The predicted molar refractivity (Wildman–Crippen MR) is 80.1 cm³/mol. The summed E-state index contributed by atoms with van der Waals surface area (Å²) in [6.45, 7) is 7.48. The zero-order chi connectivity index (χ0) is 16.0. The monoisotopic (exact) mass is 300 g/mol. The van der Waals surface area contributed by atoms with Crippen LogP contribution < -0.4 is 0 Å². The molecule has 122 valence electrons. The minimum absolute atomic E-state index is 0.0447. The molecule has 1 unspecified atom stereocenters. The molecular weight excluding hydrogens is 272 g/mol. The van der Waals surface area contributed by atoms with Gasteiger partial charge in [-0.05, 0) is 46.0 Å². The molecule has 2 amide bonds. The fraction of sp³-hybridized carbons (Fsp3) is 0.867. The number of aliphatic hydroxyl groups excluding tert-OH is 1. The van der Waals surface area contributed by atoms with E-state index in [0.717, 1.165) is 12.8 Å². The molecule has 6 heteroatoms. The first-order valence-corrected chi connectivity index (χ1v) is 7.65. The van der Waals surface area contributed by atoms with Gasteiger partial charge in [-0.2, -0.15) is 0 Å². The van der Waals surface area contributed by atoms with Crippen LogP contribution in [0.15, 0.2) is 0 Å². The minimum Gasteiger partial charge on any atom is -0.481 e. The Bertz CT molecular complexity index is 363. The Labute approximate surface area is 126 Å². The molecular formula is C15H28N2O4. The Kier molecular flexibility index (Phi) is 6.45. The van der Waals surface area contributed by atoms with Gasteiger partial charge in [0.25, 0.3) is 0 Å². The van der Waals surface area contributed by atoms with Crippen molar-refractivity contribution in [2.75, 3.05) is 26.2 Å². The number of rotatable bonds is 5. The second kappa shape index (κ2) is 7.64. The van der Waals surface area contributed by atoms with Crippen molar-refractivity contribution in [1.82, 2.24) is 9.80 Å². The first-order chi connectivity index (χ1) is 9.75. The largest absolute Gasteiger partial charge is 0.481 e. The Hall–Kier alpha value is -1.30. The Morgan fingerprint density at radius 2 is 2.00 bits per heavy atom. The fourth-order valence-corrected chi connectivity index (χ4v) is 2.75. The standard InChI is InChI=1S/C15H28N2O4/c1-15(2,3)17(9-6-13(19)20)14(21)16-8-4-5-12(11-16)7-10-18/h12,18H,4-11H2,1-3H3,(H,19,20). The number of amides is 2. The van der Waals surface area contributed by atoms with Crippen molar-refractivity contribution in [3.05, 3.63) is 0 Å². The summed E-state index contributed by atoms with van der Waals surface area (Å²) in [6.07, 6.45) is 2.65. The zero-order valence-electron chi connectivity index (χ0n) is 13.3. The number of aliphatic carboxylic acids is 1. The molecule has 0 aromatic heterocycles. The molecule has 1 aliphatic heterocycles. The molecule has 2 N–H and O–H groups in total. The van der Waals surface area contributed by atoms with Gasteiger partial charge >= 0.3 is 12.0 Å². The van der Waals surface area contributed by atoms with Crippen molar-refractivity contribution < 1.29 is 19.8 Å². The summed E-state index contributed by atoms with van der Waals surface area (Å²) >= 11 is 0. The summed E-state index contributed by atoms with van der Waals surface area (Å²) in [4.78, 5) is 26.9. The lowest BCUT2D eigenvalue weighted by Gasteiger charge is -2.41. The van der Waals surface area contributed by atoms with Crippen molar-refractivity contribution in [1.29, 1.82) is 0 Å². The number of hydrogen-bond donors (Lipinski definition) is 2. The van der Waals surface area contributed by atoms with E-state index in [1.165, 1.54) is 0 Å². The normalized spacial score (nSPS) is 19.4. The van der Waals surface area contributed by atoms with E-state index in [1.807, 2.05) is 20.8 Å². The predicted octanol–water partition coefficient (Wildman–Crippen LogP) is 1.78. The van der Waals surface area contributed by atoms with Crippen molar-refractivity contribution in [2.24, 2.45) is 5.92 Å². The summed E-state index contributed by atoms with van der Waals surface area (Å²) in [5, 5.41) is 17.9. The molecule has 0 bridgehead atoms.